The Labute approximate surface area is 176 Å². The molecule has 0 unspecified atom stereocenters. The Morgan fingerprint density at radius 2 is 2.13 bits per heavy atom. The number of rotatable bonds is 6. The fourth-order valence-electron chi connectivity index (χ4n) is 4.73. The van der Waals surface area contributed by atoms with Gasteiger partial charge in [0.2, 0.25) is 0 Å². The second kappa shape index (κ2) is 7.85. The van der Waals surface area contributed by atoms with Crippen molar-refractivity contribution < 1.29 is 14.3 Å². The molecular formula is C24H27N3O3. The van der Waals surface area contributed by atoms with Crippen LogP contribution in [0, 0.1) is 12.8 Å². The quantitative estimate of drug-likeness (QED) is 0.635. The van der Waals surface area contributed by atoms with Crippen molar-refractivity contribution in [2.75, 3.05) is 26.3 Å². The summed E-state index contributed by atoms with van der Waals surface area (Å²) < 4.78 is 12.0. The van der Waals surface area contributed by atoms with Crippen LogP contribution in [0.1, 0.15) is 34.7 Å². The first-order valence-corrected chi connectivity index (χ1v) is 10.6. The maximum absolute atomic E-state index is 12.9. The molecule has 5 rings (SSSR count). The Hall–Kier alpha value is -2.70. The molecule has 2 fully saturated rings. The lowest BCUT2D eigenvalue weighted by atomic mass is 9.79. The number of likely N-dealkylation sites (tertiary alicyclic amines) is 1. The molecule has 6 heteroatoms. The molecule has 3 aromatic rings. The zero-order valence-corrected chi connectivity index (χ0v) is 17.3. The Kier molecular flexibility index (Phi) is 5.05. The van der Waals surface area contributed by atoms with Crippen LogP contribution in [0.15, 0.2) is 48.5 Å². The lowest BCUT2D eigenvalue weighted by Crippen LogP contribution is -2.66. The fraction of sp³-hybridized carbons (Fsp3) is 0.417. The van der Waals surface area contributed by atoms with Gasteiger partial charge in [-0.1, -0.05) is 24.3 Å². The predicted molar refractivity (Wildman–Crippen MR) is 114 cm³/mol. The largest absolute Gasteiger partial charge is 0.375 e. The average molecular weight is 405 g/mol. The maximum atomic E-state index is 12.9. The van der Waals surface area contributed by atoms with Crippen LogP contribution < -0.4 is 0 Å². The summed E-state index contributed by atoms with van der Waals surface area (Å²) in [6.45, 7) is 5.28. The van der Waals surface area contributed by atoms with Gasteiger partial charge < -0.3 is 19.4 Å². The molecule has 4 heterocycles. The lowest BCUT2D eigenvalue weighted by molar-refractivity contribution is -0.120. The minimum atomic E-state index is -0.202. The fourth-order valence-corrected chi connectivity index (χ4v) is 4.73. The van der Waals surface area contributed by atoms with E-state index in [-0.39, 0.29) is 11.5 Å². The van der Waals surface area contributed by atoms with Gasteiger partial charge in [0.15, 0.2) is 0 Å². The molecule has 1 atom stereocenters. The van der Waals surface area contributed by atoms with Crippen molar-refractivity contribution in [3.05, 3.63) is 65.6 Å². The third-order valence-corrected chi connectivity index (χ3v) is 6.37. The molecule has 1 amide bonds. The van der Waals surface area contributed by atoms with Crippen LogP contribution in [0.5, 0.6) is 0 Å². The SMILES string of the molecule is Cc1cccc(COCC[C@H]2CCOC23CN(C(=O)c2cc4ccccc4[nH]2)C3)n1. The predicted octanol–water partition coefficient (Wildman–Crippen LogP) is 3.71. The molecule has 2 aliphatic heterocycles. The van der Waals surface area contributed by atoms with Gasteiger partial charge in [0.05, 0.1) is 25.4 Å². The van der Waals surface area contributed by atoms with E-state index in [1.54, 1.807) is 0 Å². The molecular weight excluding hydrogens is 378 g/mol. The van der Waals surface area contributed by atoms with Crippen molar-refractivity contribution in [1.82, 2.24) is 14.9 Å². The van der Waals surface area contributed by atoms with Crippen LogP contribution in [0.3, 0.4) is 0 Å². The van der Waals surface area contributed by atoms with Gasteiger partial charge in [-0.2, -0.15) is 0 Å². The first-order valence-electron chi connectivity index (χ1n) is 10.6. The number of nitrogens with zero attached hydrogens (tertiary/aromatic N) is 2. The standard InChI is InChI=1S/C24H27N3O3/c1-17-5-4-7-20(25-17)14-29-11-9-19-10-12-30-24(19)15-27(16-24)23(28)22-13-18-6-2-3-8-21(18)26-22/h2-8,13,19,26H,9-12,14-16H2,1H3/t19-/m0/s1. The van der Waals surface area contributed by atoms with E-state index in [1.165, 1.54) is 0 Å². The maximum Gasteiger partial charge on any atom is 0.270 e. The van der Waals surface area contributed by atoms with E-state index in [1.807, 2.05) is 60.4 Å². The topological polar surface area (TPSA) is 67.5 Å². The number of aromatic nitrogens is 2. The number of nitrogens with one attached hydrogen (secondary N) is 1. The van der Waals surface area contributed by atoms with Gasteiger partial charge in [0.1, 0.15) is 11.3 Å². The monoisotopic (exact) mass is 405 g/mol. The lowest BCUT2D eigenvalue weighted by Gasteiger charge is -2.50. The average Bonchev–Trinajstić information content (AvgIpc) is 3.34. The van der Waals surface area contributed by atoms with E-state index in [0.29, 0.717) is 37.9 Å². The van der Waals surface area contributed by atoms with Crippen molar-refractivity contribution in [3.63, 3.8) is 0 Å². The summed E-state index contributed by atoms with van der Waals surface area (Å²) in [5.74, 6) is 0.475. The number of hydrogen-bond donors (Lipinski definition) is 1. The number of aryl methyl sites for hydroxylation is 1. The van der Waals surface area contributed by atoms with Crippen LogP contribution in [0.25, 0.3) is 10.9 Å². The number of hydrogen-bond acceptors (Lipinski definition) is 4. The molecule has 6 nitrogen and oxygen atoms in total. The molecule has 30 heavy (non-hydrogen) atoms. The zero-order valence-electron chi connectivity index (χ0n) is 17.3. The highest BCUT2D eigenvalue weighted by Crippen LogP contribution is 2.42. The summed E-state index contributed by atoms with van der Waals surface area (Å²) in [7, 11) is 0. The van der Waals surface area contributed by atoms with Crippen molar-refractivity contribution in [3.8, 4) is 0 Å². The van der Waals surface area contributed by atoms with Gasteiger partial charge in [-0.3, -0.25) is 9.78 Å². The summed E-state index contributed by atoms with van der Waals surface area (Å²) in [5.41, 5.74) is 3.41. The molecule has 1 spiro atoms. The molecule has 1 N–H and O–H groups in total. The Morgan fingerprint density at radius 1 is 1.27 bits per heavy atom. The Bertz CT molecular complexity index is 1020. The summed E-state index contributed by atoms with van der Waals surface area (Å²) in [6.07, 6.45) is 1.97. The molecule has 2 saturated heterocycles. The summed E-state index contributed by atoms with van der Waals surface area (Å²) in [6, 6.07) is 15.9. The van der Waals surface area contributed by atoms with Gasteiger partial charge in [-0.25, -0.2) is 0 Å². The summed E-state index contributed by atoms with van der Waals surface area (Å²) in [5, 5.41) is 1.06. The molecule has 2 aromatic heterocycles. The number of ether oxygens (including phenoxy) is 2. The molecule has 0 bridgehead atoms. The second-order valence-electron chi connectivity index (χ2n) is 8.44. The zero-order chi connectivity index (χ0) is 20.6. The van der Waals surface area contributed by atoms with Gasteiger partial charge in [0, 0.05) is 29.8 Å². The van der Waals surface area contributed by atoms with E-state index in [4.69, 9.17) is 9.47 Å². The van der Waals surface area contributed by atoms with Crippen LogP contribution in [-0.2, 0) is 16.1 Å². The van der Waals surface area contributed by atoms with Gasteiger partial charge >= 0.3 is 0 Å². The normalized spacial score (nSPS) is 20.0. The molecule has 0 aliphatic carbocycles. The Balaban J connectivity index is 1.14. The number of benzene rings is 1. The third kappa shape index (κ3) is 3.61. The number of H-pyrrole nitrogens is 1. The van der Waals surface area contributed by atoms with Crippen LogP contribution in [-0.4, -0.2) is 52.7 Å². The highest BCUT2D eigenvalue weighted by molar-refractivity contribution is 5.98. The van der Waals surface area contributed by atoms with Crippen molar-refractivity contribution >= 4 is 16.8 Å². The first kappa shape index (κ1) is 19.3. The number of fused-ring (bicyclic) bond motifs is 1. The summed E-state index contributed by atoms with van der Waals surface area (Å²) in [4.78, 5) is 22.5. The van der Waals surface area contributed by atoms with Crippen LogP contribution in [0.2, 0.25) is 0 Å². The number of carbonyl (C=O) groups excluding carboxylic acids is 1. The Morgan fingerprint density at radius 3 is 2.97 bits per heavy atom. The second-order valence-corrected chi connectivity index (χ2v) is 8.44. The number of aromatic amines is 1. The van der Waals surface area contributed by atoms with E-state index in [2.05, 4.69) is 9.97 Å². The minimum Gasteiger partial charge on any atom is -0.375 e. The van der Waals surface area contributed by atoms with E-state index in [0.717, 1.165) is 41.7 Å². The molecule has 0 saturated carbocycles. The summed E-state index contributed by atoms with van der Waals surface area (Å²) >= 11 is 0. The van der Waals surface area contributed by atoms with E-state index >= 15 is 0 Å². The highest BCUT2D eigenvalue weighted by atomic mass is 16.5. The number of para-hydroxylation sites is 1. The highest BCUT2D eigenvalue weighted by Gasteiger charge is 2.54. The molecule has 2 aliphatic rings. The van der Waals surface area contributed by atoms with E-state index in [9.17, 15) is 4.79 Å². The van der Waals surface area contributed by atoms with E-state index < -0.39 is 0 Å². The van der Waals surface area contributed by atoms with Crippen LogP contribution >= 0.6 is 0 Å². The van der Waals surface area contributed by atoms with Crippen molar-refractivity contribution in [2.24, 2.45) is 5.92 Å². The smallest absolute Gasteiger partial charge is 0.270 e. The molecule has 156 valence electrons. The van der Waals surface area contributed by atoms with Gasteiger partial charge in [-0.05, 0) is 49.9 Å². The van der Waals surface area contributed by atoms with Gasteiger partial charge in [-0.15, -0.1) is 0 Å². The third-order valence-electron chi connectivity index (χ3n) is 6.37. The molecule has 1 aromatic carbocycles. The number of amides is 1. The number of carbonyl (C=O) groups is 1. The minimum absolute atomic E-state index is 0.0489. The van der Waals surface area contributed by atoms with Crippen LogP contribution in [0.4, 0.5) is 0 Å². The van der Waals surface area contributed by atoms with Gasteiger partial charge in [0.25, 0.3) is 5.91 Å². The first-order chi connectivity index (χ1) is 14.6. The molecule has 0 radical (unpaired) electrons. The number of pyridine rings is 1. The van der Waals surface area contributed by atoms with Crippen molar-refractivity contribution in [2.45, 2.75) is 32.0 Å². The van der Waals surface area contributed by atoms with Crippen molar-refractivity contribution in [1.29, 1.82) is 0 Å².